The van der Waals surface area contributed by atoms with Gasteiger partial charge in [0.25, 0.3) is 5.91 Å². The summed E-state index contributed by atoms with van der Waals surface area (Å²) < 4.78 is 5.33. The van der Waals surface area contributed by atoms with Gasteiger partial charge in [0, 0.05) is 11.1 Å². The fourth-order valence-corrected chi connectivity index (χ4v) is 1.35. The van der Waals surface area contributed by atoms with Crippen molar-refractivity contribution < 1.29 is 9.53 Å². The number of halogens is 1. The van der Waals surface area contributed by atoms with Gasteiger partial charge in [-0.1, -0.05) is 31.5 Å². The molecule has 0 aliphatic heterocycles. The first-order valence-electron chi connectivity index (χ1n) is 5.66. The predicted molar refractivity (Wildman–Crippen MR) is 69.4 cm³/mol. The zero-order chi connectivity index (χ0) is 12.8. The molecule has 0 saturated carbocycles. The molecule has 1 rings (SSSR count). The summed E-state index contributed by atoms with van der Waals surface area (Å²) in [4.78, 5) is 11.5. The van der Waals surface area contributed by atoms with E-state index >= 15 is 0 Å². The molecule has 1 amide bonds. The fourth-order valence-electron chi connectivity index (χ4n) is 1.17. The minimum Gasteiger partial charge on any atom is -0.484 e. The molecule has 0 aromatic heterocycles. The smallest absolute Gasteiger partial charge is 0.258 e. The average Bonchev–Trinajstić information content (AvgIpc) is 2.26. The number of ether oxygens (including phenoxy) is 1. The molecule has 0 saturated heterocycles. The Morgan fingerprint density at radius 2 is 2.12 bits per heavy atom. The van der Waals surface area contributed by atoms with E-state index in [2.05, 4.69) is 19.2 Å². The van der Waals surface area contributed by atoms with Gasteiger partial charge < -0.3 is 10.1 Å². The monoisotopic (exact) mass is 255 g/mol. The second-order valence-electron chi connectivity index (χ2n) is 4.35. The van der Waals surface area contributed by atoms with Crippen molar-refractivity contribution in [3.05, 3.63) is 29.3 Å². The predicted octanol–water partition coefficient (Wildman–Crippen LogP) is 2.88. The standard InChI is InChI=1S/C13H18ClNO2/c1-9(2)10(3)15-13(16)8-17-12-6-4-5-11(14)7-12/h4-7,9-10H,8H2,1-3H3,(H,15,16)/t10-/m0/s1. The number of nitrogens with one attached hydrogen (secondary N) is 1. The van der Waals surface area contributed by atoms with Gasteiger partial charge in [-0.05, 0) is 31.0 Å². The summed E-state index contributed by atoms with van der Waals surface area (Å²) >= 11 is 5.81. The normalized spacial score (nSPS) is 12.3. The molecule has 4 heteroatoms. The highest BCUT2D eigenvalue weighted by Gasteiger charge is 2.10. The highest BCUT2D eigenvalue weighted by molar-refractivity contribution is 6.30. The average molecular weight is 256 g/mol. The lowest BCUT2D eigenvalue weighted by Crippen LogP contribution is -2.38. The van der Waals surface area contributed by atoms with Crippen molar-refractivity contribution in [2.75, 3.05) is 6.61 Å². The fraction of sp³-hybridized carbons (Fsp3) is 0.462. The highest BCUT2D eigenvalue weighted by atomic mass is 35.5. The van der Waals surface area contributed by atoms with Crippen LogP contribution in [0.15, 0.2) is 24.3 Å². The van der Waals surface area contributed by atoms with Gasteiger partial charge in [-0.15, -0.1) is 0 Å². The van der Waals surface area contributed by atoms with Gasteiger partial charge >= 0.3 is 0 Å². The van der Waals surface area contributed by atoms with Crippen molar-refractivity contribution >= 4 is 17.5 Å². The van der Waals surface area contributed by atoms with Crippen molar-refractivity contribution in [2.24, 2.45) is 5.92 Å². The molecule has 0 aliphatic rings. The van der Waals surface area contributed by atoms with Crippen molar-refractivity contribution in [2.45, 2.75) is 26.8 Å². The van der Waals surface area contributed by atoms with E-state index in [1.165, 1.54) is 0 Å². The molecule has 0 radical (unpaired) electrons. The third-order valence-corrected chi connectivity index (χ3v) is 2.79. The first-order chi connectivity index (χ1) is 7.99. The second kappa shape index (κ2) is 6.50. The van der Waals surface area contributed by atoms with Crippen LogP contribution >= 0.6 is 11.6 Å². The van der Waals surface area contributed by atoms with E-state index in [0.717, 1.165) is 0 Å². The molecule has 1 atom stereocenters. The Kier molecular flexibility index (Phi) is 5.29. The maximum atomic E-state index is 11.5. The lowest BCUT2D eigenvalue weighted by Gasteiger charge is -2.17. The summed E-state index contributed by atoms with van der Waals surface area (Å²) in [5.74, 6) is 0.890. The molecule has 94 valence electrons. The SMILES string of the molecule is CC(C)[C@H](C)NC(=O)COc1cccc(Cl)c1. The van der Waals surface area contributed by atoms with E-state index in [9.17, 15) is 4.79 Å². The largest absolute Gasteiger partial charge is 0.484 e. The molecule has 17 heavy (non-hydrogen) atoms. The lowest BCUT2D eigenvalue weighted by atomic mass is 10.1. The van der Waals surface area contributed by atoms with Crippen LogP contribution in [-0.2, 0) is 4.79 Å². The van der Waals surface area contributed by atoms with Crippen LogP contribution in [0.1, 0.15) is 20.8 Å². The van der Waals surface area contributed by atoms with E-state index in [4.69, 9.17) is 16.3 Å². The molecule has 1 aromatic rings. The summed E-state index contributed by atoms with van der Waals surface area (Å²) in [7, 11) is 0. The first kappa shape index (κ1) is 13.8. The van der Waals surface area contributed by atoms with Crippen LogP contribution in [0.2, 0.25) is 5.02 Å². The third-order valence-electron chi connectivity index (χ3n) is 2.55. The summed E-state index contributed by atoms with van der Waals surface area (Å²) in [6, 6.07) is 7.14. The second-order valence-corrected chi connectivity index (χ2v) is 4.78. The summed E-state index contributed by atoms with van der Waals surface area (Å²) in [6.45, 7) is 6.10. The Morgan fingerprint density at radius 1 is 1.41 bits per heavy atom. The van der Waals surface area contributed by atoms with E-state index in [0.29, 0.717) is 16.7 Å². The number of benzene rings is 1. The minimum absolute atomic E-state index is 0.0113. The number of rotatable bonds is 5. The Morgan fingerprint density at radius 3 is 2.71 bits per heavy atom. The van der Waals surface area contributed by atoms with Gasteiger partial charge in [-0.2, -0.15) is 0 Å². The van der Waals surface area contributed by atoms with Crippen LogP contribution in [0.3, 0.4) is 0 Å². The number of carbonyl (C=O) groups is 1. The minimum atomic E-state index is -0.119. The number of hydrogen-bond donors (Lipinski definition) is 1. The Bertz CT molecular complexity index is 379. The van der Waals surface area contributed by atoms with Crippen LogP contribution in [0, 0.1) is 5.92 Å². The van der Waals surface area contributed by atoms with Gasteiger partial charge in [0.1, 0.15) is 5.75 Å². The maximum Gasteiger partial charge on any atom is 0.258 e. The van der Waals surface area contributed by atoms with Crippen molar-refractivity contribution in [1.29, 1.82) is 0 Å². The molecule has 0 heterocycles. The molecule has 1 aromatic carbocycles. The Labute approximate surface area is 107 Å². The van der Waals surface area contributed by atoms with E-state index in [-0.39, 0.29) is 18.6 Å². The van der Waals surface area contributed by atoms with Gasteiger partial charge in [-0.3, -0.25) is 4.79 Å². The van der Waals surface area contributed by atoms with Gasteiger partial charge in [0.05, 0.1) is 0 Å². The molecule has 0 aliphatic carbocycles. The summed E-state index contributed by atoms with van der Waals surface area (Å²) in [5.41, 5.74) is 0. The molecule has 0 bridgehead atoms. The van der Waals surface area contributed by atoms with E-state index in [1.54, 1.807) is 24.3 Å². The third kappa shape index (κ3) is 5.09. The quantitative estimate of drug-likeness (QED) is 0.879. The molecule has 0 unspecified atom stereocenters. The van der Waals surface area contributed by atoms with Crippen LogP contribution in [0.25, 0.3) is 0 Å². The number of amides is 1. The van der Waals surface area contributed by atoms with E-state index in [1.807, 2.05) is 6.92 Å². The van der Waals surface area contributed by atoms with Gasteiger partial charge in [0.2, 0.25) is 0 Å². The number of carbonyl (C=O) groups excluding carboxylic acids is 1. The van der Waals surface area contributed by atoms with Crippen LogP contribution < -0.4 is 10.1 Å². The van der Waals surface area contributed by atoms with Gasteiger partial charge in [-0.25, -0.2) is 0 Å². The Balaban J connectivity index is 2.38. The number of hydrogen-bond acceptors (Lipinski definition) is 2. The van der Waals surface area contributed by atoms with Crippen LogP contribution in [0.4, 0.5) is 0 Å². The lowest BCUT2D eigenvalue weighted by molar-refractivity contribution is -0.124. The molecule has 3 nitrogen and oxygen atoms in total. The molecule has 0 spiro atoms. The summed E-state index contributed by atoms with van der Waals surface area (Å²) in [6.07, 6.45) is 0. The van der Waals surface area contributed by atoms with Crippen molar-refractivity contribution in [3.8, 4) is 5.75 Å². The van der Waals surface area contributed by atoms with Gasteiger partial charge in [0.15, 0.2) is 6.61 Å². The van der Waals surface area contributed by atoms with Crippen LogP contribution in [-0.4, -0.2) is 18.6 Å². The molecule has 1 N–H and O–H groups in total. The molecular weight excluding hydrogens is 238 g/mol. The maximum absolute atomic E-state index is 11.5. The highest BCUT2D eigenvalue weighted by Crippen LogP contribution is 2.16. The zero-order valence-corrected chi connectivity index (χ0v) is 11.1. The Hall–Kier alpha value is -1.22. The van der Waals surface area contributed by atoms with Crippen LogP contribution in [0.5, 0.6) is 5.75 Å². The summed E-state index contributed by atoms with van der Waals surface area (Å²) in [5, 5.41) is 3.46. The van der Waals surface area contributed by atoms with Crippen molar-refractivity contribution in [3.63, 3.8) is 0 Å². The molecule has 0 fully saturated rings. The topological polar surface area (TPSA) is 38.3 Å². The zero-order valence-electron chi connectivity index (χ0n) is 10.4. The van der Waals surface area contributed by atoms with E-state index < -0.39 is 0 Å². The molecular formula is C13H18ClNO2. The first-order valence-corrected chi connectivity index (χ1v) is 6.04. The van der Waals surface area contributed by atoms with Crippen molar-refractivity contribution in [1.82, 2.24) is 5.32 Å².